The summed E-state index contributed by atoms with van der Waals surface area (Å²) in [5.74, 6) is 0.244. The number of nitrogens with one attached hydrogen (secondary N) is 2. The van der Waals surface area contributed by atoms with Gasteiger partial charge in [-0.2, -0.15) is 0 Å². The molecule has 0 saturated carbocycles. The second-order valence-corrected chi connectivity index (χ2v) is 6.48. The lowest BCUT2D eigenvalue weighted by atomic mass is 10.0. The predicted octanol–water partition coefficient (Wildman–Crippen LogP) is 3.49. The highest BCUT2D eigenvalue weighted by molar-refractivity contribution is 5.89. The lowest BCUT2D eigenvalue weighted by molar-refractivity contribution is -0.121. The number of H-pyrrole nitrogens is 1. The molecule has 0 bridgehead atoms. The van der Waals surface area contributed by atoms with Gasteiger partial charge in [-0.15, -0.1) is 0 Å². The molecule has 0 radical (unpaired) electrons. The van der Waals surface area contributed by atoms with Gasteiger partial charge in [0.15, 0.2) is 0 Å². The maximum Gasteiger partial charge on any atom is 0.225 e. The Bertz CT molecular complexity index is 1080. The monoisotopic (exact) mass is 362 g/mol. The number of amides is 1. The molecule has 4 rings (SSSR count). The van der Waals surface area contributed by atoms with Crippen molar-refractivity contribution >= 4 is 16.8 Å². The molecule has 2 aromatic heterocycles. The van der Waals surface area contributed by atoms with Gasteiger partial charge in [-0.1, -0.05) is 30.3 Å². The normalized spacial score (nSPS) is 12.2. The number of benzene rings is 2. The highest BCUT2D eigenvalue weighted by atomic mass is 19.1. The van der Waals surface area contributed by atoms with E-state index in [2.05, 4.69) is 15.3 Å². The average Bonchev–Trinajstić information content (AvgIpc) is 3.27. The van der Waals surface area contributed by atoms with E-state index in [1.807, 2.05) is 48.3 Å². The van der Waals surface area contributed by atoms with Crippen molar-refractivity contribution in [3.63, 3.8) is 0 Å². The van der Waals surface area contributed by atoms with Gasteiger partial charge in [-0.05, 0) is 29.3 Å². The number of aromatic amines is 1. The van der Waals surface area contributed by atoms with Crippen molar-refractivity contribution in [1.82, 2.24) is 19.9 Å². The van der Waals surface area contributed by atoms with Crippen LogP contribution in [0.3, 0.4) is 0 Å². The van der Waals surface area contributed by atoms with Gasteiger partial charge in [-0.3, -0.25) is 4.79 Å². The van der Waals surface area contributed by atoms with E-state index in [9.17, 15) is 9.18 Å². The van der Waals surface area contributed by atoms with Gasteiger partial charge in [0, 0.05) is 36.5 Å². The number of rotatable bonds is 5. The summed E-state index contributed by atoms with van der Waals surface area (Å²) in [7, 11) is 1.87. The fourth-order valence-corrected chi connectivity index (χ4v) is 3.27. The summed E-state index contributed by atoms with van der Waals surface area (Å²) in [6.07, 6.45) is 5.60. The van der Waals surface area contributed by atoms with E-state index >= 15 is 0 Å². The fourth-order valence-electron chi connectivity index (χ4n) is 3.27. The zero-order chi connectivity index (χ0) is 18.8. The molecule has 6 heteroatoms. The SMILES string of the molecule is Cn1ccnc1[C@@H](NC(=O)Cc1c[nH]c2ccccc12)c1ccc(F)cc1. The molecule has 1 amide bonds. The molecule has 5 nitrogen and oxygen atoms in total. The van der Waals surface area contributed by atoms with Gasteiger partial charge >= 0.3 is 0 Å². The minimum atomic E-state index is -0.455. The van der Waals surface area contributed by atoms with E-state index < -0.39 is 6.04 Å². The molecule has 0 spiro atoms. The summed E-state index contributed by atoms with van der Waals surface area (Å²) in [6.45, 7) is 0. The molecule has 27 heavy (non-hydrogen) atoms. The van der Waals surface area contributed by atoms with E-state index in [4.69, 9.17) is 0 Å². The third-order valence-corrected chi connectivity index (χ3v) is 4.65. The summed E-state index contributed by atoms with van der Waals surface area (Å²) in [6, 6.07) is 13.5. The van der Waals surface area contributed by atoms with Crippen LogP contribution in [-0.4, -0.2) is 20.4 Å². The van der Waals surface area contributed by atoms with Crippen LogP contribution in [-0.2, 0) is 18.3 Å². The number of aromatic nitrogens is 3. The second-order valence-electron chi connectivity index (χ2n) is 6.48. The van der Waals surface area contributed by atoms with Crippen molar-refractivity contribution in [2.75, 3.05) is 0 Å². The van der Waals surface area contributed by atoms with Crippen LogP contribution >= 0.6 is 0 Å². The Morgan fingerprint density at radius 2 is 2.00 bits per heavy atom. The summed E-state index contributed by atoms with van der Waals surface area (Å²) >= 11 is 0. The van der Waals surface area contributed by atoms with E-state index in [1.165, 1.54) is 12.1 Å². The maximum atomic E-state index is 13.3. The van der Waals surface area contributed by atoms with Crippen LogP contribution in [0.1, 0.15) is 23.0 Å². The first-order chi connectivity index (χ1) is 13.1. The minimum absolute atomic E-state index is 0.128. The first kappa shape index (κ1) is 17.0. The summed E-state index contributed by atoms with van der Waals surface area (Å²) in [5.41, 5.74) is 2.71. The van der Waals surface area contributed by atoms with Crippen molar-refractivity contribution in [1.29, 1.82) is 0 Å². The molecule has 136 valence electrons. The highest BCUT2D eigenvalue weighted by Crippen LogP contribution is 2.22. The Morgan fingerprint density at radius 3 is 2.74 bits per heavy atom. The Kier molecular flexibility index (Phi) is 4.46. The summed E-state index contributed by atoms with van der Waals surface area (Å²) in [5, 5.41) is 4.07. The lowest BCUT2D eigenvalue weighted by Gasteiger charge is -2.19. The number of nitrogens with zero attached hydrogens (tertiary/aromatic N) is 2. The molecule has 1 atom stereocenters. The van der Waals surface area contributed by atoms with Crippen molar-refractivity contribution < 1.29 is 9.18 Å². The van der Waals surface area contributed by atoms with Crippen LogP contribution in [0.2, 0.25) is 0 Å². The standard InChI is InChI=1S/C21H19FN4O/c1-26-11-10-23-21(26)20(14-6-8-16(22)9-7-14)25-19(27)12-15-13-24-18-5-3-2-4-17(15)18/h2-11,13,20,24H,12H2,1H3,(H,25,27)/t20-/m0/s1. The number of hydrogen-bond acceptors (Lipinski definition) is 2. The first-order valence-electron chi connectivity index (χ1n) is 8.69. The molecule has 0 fully saturated rings. The van der Waals surface area contributed by atoms with E-state index in [0.717, 1.165) is 22.0 Å². The lowest BCUT2D eigenvalue weighted by Crippen LogP contribution is -2.32. The van der Waals surface area contributed by atoms with Crippen molar-refractivity contribution in [3.8, 4) is 0 Å². The third kappa shape index (κ3) is 3.46. The van der Waals surface area contributed by atoms with Crippen LogP contribution in [0.5, 0.6) is 0 Å². The van der Waals surface area contributed by atoms with Crippen molar-refractivity contribution in [2.45, 2.75) is 12.5 Å². The third-order valence-electron chi connectivity index (χ3n) is 4.65. The van der Waals surface area contributed by atoms with E-state index in [-0.39, 0.29) is 18.1 Å². The van der Waals surface area contributed by atoms with Crippen LogP contribution in [0, 0.1) is 5.82 Å². The number of halogens is 1. The molecule has 0 saturated heterocycles. The zero-order valence-corrected chi connectivity index (χ0v) is 14.8. The Labute approximate surface area is 155 Å². The van der Waals surface area contributed by atoms with Crippen LogP contribution in [0.4, 0.5) is 4.39 Å². The topological polar surface area (TPSA) is 62.7 Å². The average molecular weight is 362 g/mol. The number of aryl methyl sites for hydroxylation is 1. The Balaban J connectivity index is 1.60. The van der Waals surface area contributed by atoms with Gasteiger partial charge in [-0.25, -0.2) is 9.37 Å². The molecule has 2 heterocycles. The van der Waals surface area contributed by atoms with Crippen molar-refractivity contribution in [2.24, 2.45) is 7.05 Å². The molecule has 0 aliphatic carbocycles. The molecule has 0 unspecified atom stereocenters. The molecule has 0 aliphatic heterocycles. The van der Waals surface area contributed by atoms with Crippen molar-refractivity contribution in [3.05, 3.63) is 89.9 Å². The largest absolute Gasteiger partial charge is 0.361 e. The summed E-state index contributed by atoms with van der Waals surface area (Å²) in [4.78, 5) is 20.3. The zero-order valence-electron chi connectivity index (χ0n) is 14.8. The number of para-hydroxylation sites is 1. The van der Waals surface area contributed by atoms with Crippen LogP contribution in [0.25, 0.3) is 10.9 Å². The molecule has 2 N–H and O–H groups in total. The first-order valence-corrected chi connectivity index (χ1v) is 8.69. The number of carbonyl (C=O) groups excluding carboxylic acids is 1. The molecular formula is C21H19FN4O. The predicted molar refractivity (Wildman–Crippen MR) is 102 cm³/mol. The van der Waals surface area contributed by atoms with Crippen LogP contribution < -0.4 is 5.32 Å². The highest BCUT2D eigenvalue weighted by Gasteiger charge is 2.21. The van der Waals surface area contributed by atoms with Gasteiger partial charge in [0.1, 0.15) is 17.7 Å². The van der Waals surface area contributed by atoms with Gasteiger partial charge < -0.3 is 14.9 Å². The number of hydrogen-bond donors (Lipinski definition) is 2. The number of carbonyl (C=O) groups is 1. The van der Waals surface area contributed by atoms with E-state index in [0.29, 0.717) is 5.82 Å². The molecular weight excluding hydrogens is 343 g/mol. The molecule has 0 aliphatic rings. The fraction of sp³-hybridized carbons (Fsp3) is 0.143. The Morgan fingerprint density at radius 1 is 1.22 bits per heavy atom. The van der Waals surface area contributed by atoms with Gasteiger partial charge in [0.25, 0.3) is 0 Å². The maximum absolute atomic E-state index is 13.3. The molecule has 2 aromatic carbocycles. The van der Waals surface area contributed by atoms with Gasteiger partial charge in [0.2, 0.25) is 5.91 Å². The number of fused-ring (bicyclic) bond motifs is 1. The number of imidazole rings is 1. The minimum Gasteiger partial charge on any atom is -0.361 e. The smallest absolute Gasteiger partial charge is 0.225 e. The van der Waals surface area contributed by atoms with Gasteiger partial charge in [0.05, 0.1) is 6.42 Å². The quantitative estimate of drug-likeness (QED) is 0.571. The Hall–Kier alpha value is -3.41. The molecule has 4 aromatic rings. The van der Waals surface area contributed by atoms with E-state index in [1.54, 1.807) is 18.3 Å². The summed E-state index contributed by atoms with van der Waals surface area (Å²) < 4.78 is 15.2. The van der Waals surface area contributed by atoms with Crippen LogP contribution in [0.15, 0.2) is 67.1 Å². The second kappa shape index (κ2) is 7.07.